The molecule has 0 amide bonds. The normalized spacial score (nSPS) is 10.3. The van der Waals surface area contributed by atoms with Crippen molar-refractivity contribution in [2.75, 3.05) is 7.11 Å². The summed E-state index contributed by atoms with van der Waals surface area (Å²) in [6, 6.07) is 3.07. The Labute approximate surface area is 93.0 Å². The fourth-order valence-electron chi connectivity index (χ4n) is 1.36. The minimum atomic E-state index is -0.330. The van der Waals surface area contributed by atoms with Crippen LogP contribution in [-0.2, 0) is 22.6 Å². The van der Waals surface area contributed by atoms with E-state index < -0.39 is 0 Å². The van der Waals surface area contributed by atoms with Crippen LogP contribution in [0.5, 0.6) is 0 Å². The maximum atomic E-state index is 13.7. The molecule has 0 unspecified atom stereocenters. The number of benzene rings is 1. The van der Waals surface area contributed by atoms with E-state index in [0.717, 1.165) is 6.29 Å². The molecule has 0 spiro atoms. The monoisotopic (exact) mass is 230 g/mol. The van der Waals surface area contributed by atoms with Gasteiger partial charge in [0.15, 0.2) is 0 Å². The third-order valence-electron chi connectivity index (χ3n) is 2.02. The molecule has 0 heterocycles. The number of rotatable bonds is 5. The molecule has 0 aliphatic heterocycles. The highest BCUT2D eigenvalue weighted by Crippen LogP contribution is 2.21. The van der Waals surface area contributed by atoms with E-state index >= 15 is 0 Å². The van der Waals surface area contributed by atoms with Crippen LogP contribution in [0.2, 0.25) is 5.02 Å². The zero-order chi connectivity index (χ0) is 11.3. The van der Waals surface area contributed by atoms with E-state index in [-0.39, 0.29) is 12.4 Å². The van der Waals surface area contributed by atoms with Crippen molar-refractivity contribution in [1.82, 2.24) is 0 Å². The van der Waals surface area contributed by atoms with Gasteiger partial charge in [0.25, 0.3) is 0 Å². The van der Waals surface area contributed by atoms with Gasteiger partial charge in [0.1, 0.15) is 12.1 Å². The Hall–Kier alpha value is -0.930. The van der Waals surface area contributed by atoms with E-state index in [1.165, 1.54) is 13.2 Å². The SMILES string of the molecule is COCc1cc(Cl)cc(CCC=O)c1F. The molecule has 2 nitrogen and oxygen atoms in total. The lowest BCUT2D eigenvalue weighted by molar-refractivity contribution is -0.107. The second-order valence-electron chi connectivity index (χ2n) is 3.18. The lowest BCUT2D eigenvalue weighted by Crippen LogP contribution is -1.99. The van der Waals surface area contributed by atoms with Crippen LogP contribution in [-0.4, -0.2) is 13.4 Å². The van der Waals surface area contributed by atoms with Gasteiger partial charge in [0.05, 0.1) is 6.61 Å². The van der Waals surface area contributed by atoms with E-state index in [9.17, 15) is 9.18 Å². The number of ether oxygens (including phenoxy) is 1. The molecule has 0 fully saturated rings. The Morgan fingerprint density at radius 1 is 1.47 bits per heavy atom. The Morgan fingerprint density at radius 3 is 2.73 bits per heavy atom. The van der Waals surface area contributed by atoms with Gasteiger partial charge in [-0.2, -0.15) is 0 Å². The van der Waals surface area contributed by atoms with Gasteiger partial charge in [-0.25, -0.2) is 4.39 Å². The van der Waals surface area contributed by atoms with Crippen molar-refractivity contribution in [2.24, 2.45) is 0 Å². The van der Waals surface area contributed by atoms with Crippen LogP contribution in [0.15, 0.2) is 12.1 Å². The summed E-state index contributed by atoms with van der Waals surface area (Å²) < 4.78 is 18.6. The molecule has 0 radical (unpaired) electrons. The maximum absolute atomic E-state index is 13.7. The summed E-state index contributed by atoms with van der Waals surface area (Å²) in [6.07, 6.45) is 1.42. The van der Waals surface area contributed by atoms with Gasteiger partial charge in [-0.15, -0.1) is 0 Å². The second-order valence-corrected chi connectivity index (χ2v) is 3.61. The lowest BCUT2D eigenvalue weighted by atomic mass is 10.1. The molecule has 0 atom stereocenters. The quantitative estimate of drug-likeness (QED) is 0.727. The molecule has 4 heteroatoms. The Kier molecular flexibility index (Phi) is 4.72. The molecule has 0 aliphatic carbocycles. The molecule has 82 valence electrons. The number of halogens is 2. The first-order chi connectivity index (χ1) is 7.19. The fourth-order valence-corrected chi connectivity index (χ4v) is 1.63. The molecule has 0 saturated carbocycles. The number of carbonyl (C=O) groups is 1. The third kappa shape index (κ3) is 3.29. The Bertz CT molecular complexity index is 353. The summed E-state index contributed by atoms with van der Waals surface area (Å²) in [5, 5.41) is 0.462. The molecule has 1 aromatic carbocycles. The molecule has 0 N–H and O–H groups in total. The molecule has 0 saturated heterocycles. The number of hydrogen-bond donors (Lipinski definition) is 0. The lowest BCUT2D eigenvalue weighted by Gasteiger charge is -2.07. The molecule has 0 aromatic heterocycles. The third-order valence-corrected chi connectivity index (χ3v) is 2.24. The van der Waals surface area contributed by atoms with Crippen LogP contribution in [0.3, 0.4) is 0 Å². The second kappa shape index (κ2) is 5.83. The summed E-state index contributed by atoms with van der Waals surface area (Å²) in [4.78, 5) is 10.2. The number of aldehydes is 1. The number of carbonyl (C=O) groups excluding carboxylic acids is 1. The minimum Gasteiger partial charge on any atom is -0.380 e. The van der Waals surface area contributed by atoms with E-state index in [4.69, 9.17) is 16.3 Å². The highest BCUT2D eigenvalue weighted by molar-refractivity contribution is 6.30. The molecular formula is C11H12ClFO2. The van der Waals surface area contributed by atoms with E-state index in [2.05, 4.69) is 0 Å². The zero-order valence-electron chi connectivity index (χ0n) is 8.43. The summed E-state index contributed by atoms with van der Waals surface area (Å²) in [6.45, 7) is 0.181. The van der Waals surface area contributed by atoms with Crippen LogP contribution in [0.4, 0.5) is 4.39 Å². The fraction of sp³-hybridized carbons (Fsp3) is 0.364. The largest absolute Gasteiger partial charge is 0.380 e. The average molecular weight is 231 g/mol. The van der Waals surface area contributed by atoms with Crippen molar-refractivity contribution in [2.45, 2.75) is 19.4 Å². The smallest absolute Gasteiger partial charge is 0.132 e. The molecule has 1 aromatic rings. The highest BCUT2D eigenvalue weighted by Gasteiger charge is 2.09. The van der Waals surface area contributed by atoms with Crippen molar-refractivity contribution in [1.29, 1.82) is 0 Å². The van der Waals surface area contributed by atoms with Crippen molar-refractivity contribution in [3.63, 3.8) is 0 Å². The van der Waals surface area contributed by atoms with E-state index in [0.29, 0.717) is 29.0 Å². The number of hydrogen-bond acceptors (Lipinski definition) is 2. The Morgan fingerprint density at radius 2 is 2.13 bits per heavy atom. The van der Waals surface area contributed by atoms with Gasteiger partial charge < -0.3 is 9.53 Å². The standard InChI is InChI=1S/C11H12ClFO2/c1-15-7-9-6-10(12)5-8(11(9)13)3-2-4-14/h4-6H,2-3,7H2,1H3. The Balaban J connectivity index is 2.98. The first-order valence-electron chi connectivity index (χ1n) is 4.58. The molecule has 0 aliphatic rings. The van der Waals surface area contributed by atoms with Crippen LogP contribution in [0.1, 0.15) is 17.5 Å². The number of aryl methyl sites for hydroxylation is 1. The van der Waals surface area contributed by atoms with Gasteiger partial charge in [-0.1, -0.05) is 11.6 Å². The van der Waals surface area contributed by atoms with Crippen LogP contribution >= 0.6 is 11.6 Å². The van der Waals surface area contributed by atoms with Gasteiger partial charge in [0.2, 0.25) is 0 Å². The van der Waals surface area contributed by atoms with Crippen LogP contribution in [0.25, 0.3) is 0 Å². The van der Waals surface area contributed by atoms with Gasteiger partial charge >= 0.3 is 0 Å². The molecule has 1 rings (SSSR count). The topological polar surface area (TPSA) is 26.3 Å². The van der Waals surface area contributed by atoms with Crippen molar-refractivity contribution in [3.05, 3.63) is 34.1 Å². The molecular weight excluding hydrogens is 219 g/mol. The molecule has 0 bridgehead atoms. The zero-order valence-corrected chi connectivity index (χ0v) is 9.18. The van der Waals surface area contributed by atoms with E-state index in [1.54, 1.807) is 6.07 Å². The van der Waals surface area contributed by atoms with E-state index in [1.807, 2.05) is 0 Å². The van der Waals surface area contributed by atoms with Gasteiger partial charge in [-0.05, 0) is 24.1 Å². The first-order valence-corrected chi connectivity index (χ1v) is 4.96. The summed E-state index contributed by atoms with van der Waals surface area (Å²) >= 11 is 5.83. The van der Waals surface area contributed by atoms with Crippen molar-refractivity contribution < 1.29 is 13.9 Å². The van der Waals surface area contributed by atoms with Crippen molar-refractivity contribution >= 4 is 17.9 Å². The first kappa shape index (κ1) is 12.1. The summed E-state index contributed by atoms with van der Waals surface area (Å²) in [7, 11) is 1.49. The molecule has 15 heavy (non-hydrogen) atoms. The van der Waals surface area contributed by atoms with Crippen LogP contribution < -0.4 is 0 Å². The van der Waals surface area contributed by atoms with Crippen molar-refractivity contribution in [3.8, 4) is 0 Å². The summed E-state index contributed by atoms with van der Waals surface area (Å²) in [5.74, 6) is -0.330. The maximum Gasteiger partial charge on any atom is 0.132 e. The minimum absolute atomic E-state index is 0.181. The predicted octanol–water partition coefficient (Wildman–Crippen LogP) is 2.76. The average Bonchev–Trinajstić information content (AvgIpc) is 2.21. The van der Waals surface area contributed by atoms with Gasteiger partial charge in [0, 0.05) is 24.1 Å². The summed E-state index contributed by atoms with van der Waals surface area (Å²) in [5.41, 5.74) is 0.882. The van der Waals surface area contributed by atoms with Gasteiger partial charge in [-0.3, -0.25) is 0 Å². The predicted molar refractivity (Wildman–Crippen MR) is 56.5 cm³/mol. The van der Waals surface area contributed by atoms with Crippen LogP contribution in [0, 0.1) is 5.82 Å². The highest BCUT2D eigenvalue weighted by atomic mass is 35.5. The number of methoxy groups -OCH3 is 1.